The number of nitrogens with one attached hydrogen (secondary N) is 2. The molecule has 0 spiro atoms. The second kappa shape index (κ2) is 7.85. The molecule has 20 heavy (non-hydrogen) atoms. The third kappa shape index (κ3) is 6.02. The van der Waals surface area contributed by atoms with E-state index in [1.54, 1.807) is 6.20 Å². The fraction of sp³-hybridized carbons (Fsp3) is 0.600. The molecule has 5 nitrogen and oxygen atoms in total. The maximum atomic E-state index is 11.8. The average molecular weight is 279 g/mol. The fourth-order valence-corrected chi connectivity index (χ4v) is 1.52. The van der Waals surface area contributed by atoms with E-state index in [1.807, 2.05) is 32.9 Å². The lowest BCUT2D eigenvalue weighted by atomic mass is 9.96. The van der Waals surface area contributed by atoms with Crippen molar-refractivity contribution >= 4 is 17.4 Å². The number of hydrogen-bond donors (Lipinski definition) is 3. The van der Waals surface area contributed by atoms with Crippen molar-refractivity contribution in [3.63, 3.8) is 0 Å². The number of hydrogen-bond acceptors (Lipinski definition) is 4. The van der Waals surface area contributed by atoms with E-state index in [4.69, 9.17) is 5.11 Å². The number of unbranched alkanes of at least 4 members (excludes halogenated alkanes) is 2. The number of pyridine rings is 1. The van der Waals surface area contributed by atoms with Crippen molar-refractivity contribution in [2.45, 2.75) is 40.0 Å². The van der Waals surface area contributed by atoms with Crippen LogP contribution in [-0.2, 0) is 4.79 Å². The number of rotatable bonds is 7. The molecule has 1 aromatic rings. The summed E-state index contributed by atoms with van der Waals surface area (Å²) in [4.78, 5) is 16.1. The van der Waals surface area contributed by atoms with Gasteiger partial charge in [-0.3, -0.25) is 4.79 Å². The lowest BCUT2D eigenvalue weighted by Gasteiger charge is -2.17. The Morgan fingerprint density at radius 1 is 1.25 bits per heavy atom. The number of amides is 1. The van der Waals surface area contributed by atoms with Gasteiger partial charge in [-0.2, -0.15) is 0 Å². The van der Waals surface area contributed by atoms with E-state index >= 15 is 0 Å². The van der Waals surface area contributed by atoms with E-state index in [-0.39, 0.29) is 12.5 Å². The molecule has 0 unspecified atom stereocenters. The zero-order valence-corrected chi connectivity index (χ0v) is 12.6. The molecule has 3 N–H and O–H groups in total. The van der Waals surface area contributed by atoms with Crippen LogP contribution in [0.5, 0.6) is 0 Å². The van der Waals surface area contributed by atoms with Crippen LogP contribution in [-0.4, -0.2) is 29.1 Å². The van der Waals surface area contributed by atoms with Gasteiger partial charge in [0.05, 0.1) is 11.9 Å². The summed E-state index contributed by atoms with van der Waals surface area (Å²) in [7, 11) is 0. The summed E-state index contributed by atoms with van der Waals surface area (Å²) in [6.45, 7) is 6.70. The first kappa shape index (κ1) is 16.4. The minimum Gasteiger partial charge on any atom is -0.396 e. The number of aromatic nitrogens is 1. The van der Waals surface area contributed by atoms with Gasteiger partial charge in [0.2, 0.25) is 5.91 Å². The quantitative estimate of drug-likeness (QED) is 0.671. The molecule has 0 aromatic carbocycles. The second-order valence-electron chi connectivity index (χ2n) is 5.85. The zero-order valence-electron chi connectivity index (χ0n) is 12.6. The summed E-state index contributed by atoms with van der Waals surface area (Å²) in [5.41, 5.74) is 0.291. The summed E-state index contributed by atoms with van der Waals surface area (Å²) in [5, 5.41) is 14.7. The van der Waals surface area contributed by atoms with E-state index in [1.165, 1.54) is 0 Å². The molecular weight excluding hydrogens is 254 g/mol. The Balaban J connectivity index is 2.39. The molecule has 1 amide bonds. The van der Waals surface area contributed by atoms with Gasteiger partial charge >= 0.3 is 0 Å². The van der Waals surface area contributed by atoms with Gasteiger partial charge in [-0.1, -0.05) is 20.8 Å². The normalized spacial score (nSPS) is 11.2. The Labute approximate surface area is 120 Å². The van der Waals surface area contributed by atoms with Crippen LogP contribution in [0.15, 0.2) is 18.3 Å². The molecule has 1 aromatic heterocycles. The first-order valence-electron chi connectivity index (χ1n) is 7.06. The SMILES string of the molecule is CC(C)(C)C(=O)Nc1ccc(NCCCCCO)nc1. The number of carbonyl (C=O) groups excluding carboxylic acids is 1. The average Bonchev–Trinajstić information content (AvgIpc) is 2.39. The Kier molecular flexibility index (Phi) is 6.45. The second-order valence-corrected chi connectivity index (χ2v) is 5.85. The van der Waals surface area contributed by atoms with E-state index in [2.05, 4.69) is 15.6 Å². The van der Waals surface area contributed by atoms with Gasteiger partial charge in [-0.15, -0.1) is 0 Å². The third-order valence-electron chi connectivity index (χ3n) is 2.84. The highest BCUT2D eigenvalue weighted by atomic mass is 16.2. The lowest BCUT2D eigenvalue weighted by Crippen LogP contribution is -2.27. The number of anilines is 2. The summed E-state index contributed by atoms with van der Waals surface area (Å²) >= 11 is 0. The van der Waals surface area contributed by atoms with Crippen molar-refractivity contribution in [2.24, 2.45) is 5.41 Å². The standard InChI is InChI=1S/C15H25N3O2/c1-15(2,3)14(20)18-12-7-8-13(17-11-12)16-9-5-4-6-10-19/h7-8,11,19H,4-6,9-10H2,1-3H3,(H,16,17)(H,18,20). The third-order valence-corrected chi connectivity index (χ3v) is 2.84. The molecule has 0 radical (unpaired) electrons. The summed E-state index contributed by atoms with van der Waals surface area (Å²) in [5.74, 6) is 0.770. The monoisotopic (exact) mass is 279 g/mol. The predicted octanol–water partition coefficient (Wildman–Crippen LogP) is 2.64. The molecular formula is C15H25N3O2. The van der Waals surface area contributed by atoms with Crippen molar-refractivity contribution in [3.05, 3.63) is 18.3 Å². The number of aliphatic hydroxyl groups excluding tert-OH is 1. The molecule has 0 saturated carbocycles. The Morgan fingerprint density at radius 3 is 2.55 bits per heavy atom. The Morgan fingerprint density at radius 2 is 2.00 bits per heavy atom. The molecule has 0 atom stereocenters. The number of carbonyl (C=O) groups is 1. The Hall–Kier alpha value is -1.62. The summed E-state index contributed by atoms with van der Waals surface area (Å²) in [6, 6.07) is 3.69. The van der Waals surface area contributed by atoms with E-state index in [0.29, 0.717) is 5.69 Å². The van der Waals surface area contributed by atoms with Gasteiger partial charge in [0.1, 0.15) is 5.82 Å². The number of nitrogens with zero attached hydrogens (tertiary/aromatic N) is 1. The van der Waals surface area contributed by atoms with Crippen molar-refractivity contribution in [1.82, 2.24) is 4.98 Å². The zero-order chi connectivity index (χ0) is 15.0. The highest BCUT2D eigenvalue weighted by Crippen LogP contribution is 2.17. The Bertz CT molecular complexity index is 410. The maximum Gasteiger partial charge on any atom is 0.229 e. The molecule has 5 heteroatoms. The smallest absolute Gasteiger partial charge is 0.229 e. The van der Waals surface area contributed by atoms with Gasteiger partial charge < -0.3 is 15.7 Å². The minimum absolute atomic E-state index is 0.0241. The highest BCUT2D eigenvalue weighted by Gasteiger charge is 2.21. The largest absolute Gasteiger partial charge is 0.396 e. The highest BCUT2D eigenvalue weighted by molar-refractivity contribution is 5.94. The van der Waals surface area contributed by atoms with Crippen LogP contribution < -0.4 is 10.6 Å². The molecule has 1 rings (SSSR count). The molecule has 0 fully saturated rings. The van der Waals surface area contributed by atoms with E-state index in [0.717, 1.165) is 31.6 Å². The van der Waals surface area contributed by atoms with Gasteiger partial charge in [-0.05, 0) is 31.4 Å². The van der Waals surface area contributed by atoms with Crippen LogP contribution >= 0.6 is 0 Å². The first-order chi connectivity index (χ1) is 9.43. The topological polar surface area (TPSA) is 74.2 Å². The molecule has 0 aliphatic heterocycles. The molecule has 0 aliphatic rings. The van der Waals surface area contributed by atoms with Gasteiger partial charge in [0.25, 0.3) is 0 Å². The van der Waals surface area contributed by atoms with Crippen molar-refractivity contribution < 1.29 is 9.90 Å². The first-order valence-corrected chi connectivity index (χ1v) is 7.06. The summed E-state index contributed by atoms with van der Waals surface area (Å²) in [6.07, 6.45) is 4.50. The van der Waals surface area contributed by atoms with Crippen LogP contribution in [0.2, 0.25) is 0 Å². The van der Waals surface area contributed by atoms with E-state index < -0.39 is 5.41 Å². The summed E-state index contributed by atoms with van der Waals surface area (Å²) < 4.78 is 0. The van der Waals surface area contributed by atoms with Crippen LogP contribution in [0.25, 0.3) is 0 Å². The van der Waals surface area contributed by atoms with Gasteiger partial charge in [0, 0.05) is 18.6 Å². The van der Waals surface area contributed by atoms with Gasteiger partial charge in [-0.25, -0.2) is 4.98 Å². The van der Waals surface area contributed by atoms with Crippen molar-refractivity contribution in [3.8, 4) is 0 Å². The van der Waals surface area contributed by atoms with Crippen molar-refractivity contribution in [1.29, 1.82) is 0 Å². The molecule has 1 heterocycles. The maximum absolute atomic E-state index is 11.8. The molecule has 0 saturated heterocycles. The van der Waals surface area contributed by atoms with Gasteiger partial charge in [0.15, 0.2) is 0 Å². The van der Waals surface area contributed by atoms with Crippen molar-refractivity contribution in [2.75, 3.05) is 23.8 Å². The van der Waals surface area contributed by atoms with Crippen LogP contribution in [0.4, 0.5) is 11.5 Å². The fourth-order valence-electron chi connectivity index (χ4n) is 1.52. The number of aliphatic hydroxyl groups is 1. The predicted molar refractivity (Wildman–Crippen MR) is 81.7 cm³/mol. The molecule has 112 valence electrons. The van der Waals surface area contributed by atoms with Crippen LogP contribution in [0, 0.1) is 5.41 Å². The van der Waals surface area contributed by atoms with Crippen LogP contribution in [0.1, 0.15) is 40.0 Å². The van der Waals surface area contributed by atoms with Crippen LogP contribution in [0.3, 0.4) is 0 Å². The van der Waals surface area contributed by atoms with E-state index in [9.17, 15) is 4.79 Å². The molecule has 0 aliphatic carbocycles. The molecule has 0 bridgehead atoms. The minimum atomic E-state index is -0.413. The lowest BCUT2D eigenvalue weighted by molar-refractivity contribution is -0.123.